The van der Waals surface area contributed by atoms with Crippen LogP contribution < -0.4 is 30.3 Å². The van der Waals surface area contributed by atoms with E-state index in [1.165, 1.54) is 11.4 Å². The molecule has 0 atom stereocenters. The predicted octanol–water partition coefficient (Wildman–Crippen LogP) is 7.97. The fourth-order valence-corrected chi connectivity index (χ4v) is 7.28. The van der Waals surface area contributed by atoms with Gasteiger partial charge in [0.25, 0.3) is 0 Å². The number of hydrogen-bond donors (Lipinski definition) is 2. The van der Waals surface area contributed by atoms with E-state index >= 15 is 0 Å². The molecule has 12 nitrogen and oxygen atoms in total. The smallest absolute Gasteiger partial charge is 0.227 e. The fourth-order valence-electron chi connectivity index (χ4n) is 6.20. The number of nitrogens with one attached hydrogen (secondary N) is 1. The summed E-state index contributed by atoms with van der Waals surface area (Å²) in [5, 5.41) is 5.53. The van der Waals surface area contributed by atoms with Crippen LogP contribution in [0.5, 0.6) is 11.5 Å². The number of nitrogen functional groups attached to an aromatic ring is 1. The van der Waals surface area contributed by atoms with Crippen LogP contribution in [0, 0.1) is 0 Å². The molecule has 6 aromatic rings. The summed E-state index contributed by atoms with van der Waals surface area (Å²) in [6.45, 7) is 8.51. The minimum atomic E-state index is 0.273. The molecule has 0 saturated carbocycles. The van der Waals surface area contributed by atoms with Gasteiger partial charge in [-0.3, -0.25) is 0 Å². The summed E-state index contributed by atoms with van der Waals surface area (Å²) in [4.78, 5) is 26.4. The number of nitrogens with two attached hydrogens (primary N) is 1. The number of benzene rings is 4. The van der Waals surface area contributed by atoms with Gasteiger partial charge in [-0.1, -0.05) is 24.3 Å². The molecule has 2 saturated heterocycles. The molecule has 0 bridgehead atoms. The van der Waals surface area contributed by atoms with Crippen LogP contribution in [0.2, 0.25) is 5.28 Å². The van der Waals surface area contributed by atoms with Gasteiger partial charge in [0.2, 0.25) is 11.2 Å². The maximum absolute atomic E-state index is 5.80. The molecule has 55 heavy (non-hydrogen) atoms. The molecule has 0 aliphatic carbocycles. The lowest BCUT2D eigenvalue weighted by atomic mass is 10.2. The molecule has 0 amide bonds. The van der Waals surface area contributed by atoms with E-state index in [0.717, 1.165) is 100 Å². The Morgan fingerprint density at radius 3 is 1.73 bits per heavy atom. The normalized spacial score (nSPS) is 14.8. The lowest BCUT2D eigenvalue weighted by molar-refractivity contribution is 0.312. The number of fused-ring (bicyclic) bond motifs is 2. The van der Waals surface area contributed by atoms with Gasteiger partial charge in [0.15, 0.2) is 0 Å². The van der Waals surface area contributed by atoms with E-state index in [1.807, 2.05) is 60.8 Å². The number of ether oxygens (including phenoxy) is 2. The minimum Gasteiger partial charge on any atom is -0.495 e. The maximum atomic E-state index is 5.80. The lowest BCUT2D eigenvalue weighted by Crippen LogP contribution is -2.44. The fraction of sp³-hybridized carbons (Fsp3) is 0.300. The van der Waals surface area contributed by atoms with Crippen LogP contribution in [0.25, 0.3) is 21.8 Å². The van der Waals surface area contributed by atoms with Crippen LogP contribution in [0.4, 0.5) is 28.7 Å². The number of anilines is 5. The summed E-state index contributed by atoms with van der Waals surface area (Å²) in [5.41, 5.74) is 11.4. The van der Waals surface area contributed by atoms with Gasteiger partial charge in [-0.25, -0.2) is 19.9 Å². The molecule has 8 rings (SSSR count). The third-order valence-electron chi connectivity index (χ3n) is 9.48. The van der Waals surface area contributed by atoms with Crippen molar-refractivity contribution in [1.29, 1.82) is 0 Å². The SMILES string of the molecule is COc1cc(N2CCN(C)CC2)ccc1N.COc1cc(N2CCN(C)CC2)ccc1Nc1ncc2cccc(Br)c2n1.Clc1ncc2cccc(Br)c2n1. The molecule has 2 fully saturated rings. The molecule has 288 valence electrons. The highest BCUT2D eigenvalue weighted by Gasteiger charge is 2.17. The first kappa shape index (κ1) is 40.2. The third-order valence-corrected chi connectivity index (χ3v) is 10.9. The minimum absolute atomic E-state index is 0.273. The molecule has 15 heteroatoms. The average Bonchev–Trinajstić information content (AvgIpc) is 3.20. The molecule has 4 aromatic carbocycles. The zero-order chi connectivity index (χ0) is 38.9. The van der Waals surface area contributed by atoms with E-state index in [0.29, 0.717) is 11.6 Å². The van der Waals surface area contributed by atoms with Gasteiger partial charge in [0.1, 0.15) is 11.5 Å². The molecular weight excluding hydrogens is 848 g/mol. The quantitative estimate of drug-likeness (QED) is 0.125. The molecule has 2 aromatic heterocycles. The van der Waals surface area contributed by atoms with Gasteiger partial charge < -0.3 is 40.1 Å². The summed E-state index contributed by atoms with van der Waals surface area (Å²) in [5.74, 6) is 2.08. The summed E-state index contributed by atoms with van der Waals surface area (Å²) in [6, 6.07) is 23.9. The highest BCUT2D eigenvalue weighted by atomic mass is 79.9. The van der Waals surface area contributed by atoms with Crippen molar-refractivity contribution in [1.82, 2.24) is 29.7 Å². The van der Waals surface area contributed by atoms with Crippen molar-refractivity contribution < 1.29 is 9.47 Å². The zero-order valence-corrected chi connectivity index (χ0v) is 35.3. The molecule has 3 N–H and O–H groups in total. The van der Waals surface area contributed by atoms with Gasteiger partial charge in [-0.15, -0.1) is 0 Å². The predicted molar refractivity (Wildman–Crippen MR) is 233 cm³/mol. The van der Waals surface area contributed by atoms with E-state index in [9.17, 15) is 0 Å². The Kier molecular flexibility index (Phi) is 13.8. The molecule has 0 spiro atoms. The second-order valence-electron chi connectivity index (χ2n) is 13.2. The number of rotatable bonds is 6. The Morgan fingerprint density at radius 1 is 0.655 bits per heavy atom. The number of nitrogens with zero attached hydrogens (tertiary/aromatic N) is 8. The summed E-state index contributed by atoms with van der Waals surface area (Å²) in [7, 11) is 7.65. The van der Waals surface area contributed by atoms with Crippen LogP contribution in [0.15, 0.2) is 94.1 Å². The lowest BCUT2D eigenvalue weighted by Gasteiger charge is -2.34. The number of likely N-dealkylation sites (N-methyl/N-ethyl adjacent to an activating group) is 2. The van der Waals surface area contributed by atoms with Crippen molar-refractivity contribution in [2.75, 3.05) is 102 Å². The Bertz CT molecular complexity index is 2220. The van der Waals surface area contributed by atoms with Gasteiger partial charge in [0, 0.05) is 108 Å². The molecule has 4 heterocycles. The highest BCUT2D eigenvalue weighted by Crippen LogP contribution is 2.33. The van der Waals surface area contributed by atoms with Crippen LogP contribution in [0.1, 0.15) is 0 Å². The highest BCUT2D eigenvalue weighted by molar-refractivity contribution is 9.11. The van der Waals surface area contributed by atoms with E-state index in [-0.39, 0.29) is 5.28 Å². The maximum Gasteiger partial charge on any atom is 0.227 e. The molecular formula is C40H45Br2ClN10O2. The topological polar surface area (TPSA) is 121 Å². The average molecular weight is 893 g/mol. The van der Waals surface area contributed by atoms with Crippen LogP contribution in [-0.4, -0.2) is 110 Å². The number of methoxy groups -OCH3 is 2. The van der Waals surface area contributed by atoms with Gasteiger partial charge in [-0.05, 0) is 94.0 Å². The Labute approximate surface area is 343 Å². The van der Waals surface area contributed by atoms with Gasteiger partial charge in [0.05, 0.1) is 36.6 Å². The third kappa shape index (κ3) is 10.4. The first-order chi connectivity index (χ1) is 26.6. The Hall–Kier alpha value is -4.47. The van der Waals surface area contributed by atoms with Crippen molar-refractivity contribution in [3.8, 4) is 11.5 Å². The van der Waals surface area contributed by atoms with Gasteiger partial charge in [-0.2, -0.15) is 0 Å². The zero-order valence-electron chi connectivity index (χ0n) is 31.3. The van der Waals surface area contributed by atoms with Gasteiger partial charge >= 0.3 is 0 Å². The van der Waals surface area contributed by atoms with Crippen LogP contribution in [0.3, 0.4) is 0 Å². The summed E-state index contributed by atoms with van der Waals surface area (Å²) < 4.78 is 12.7. The monoisotopic (exact) mass is 890 g/mol. The Morgan fingerprint density at radius 2 is 1.16 bits per heavy atom. The van der Waals surface area contributed by atoms with E-state index < -0.39 is 0 Å². The number of aromatic nitrogens is 4. The number of piperazine rings is 2. The van der Waals surface area contributed by atoms with E-state index in [4.69, 9.17) is 26.8 Å². The van der Waals surface area contributed by atoms with Crippen LogP contribution >= 0.6 is 43.5 Å². The van der Waals surface area contributed by atoms with Crippen molar-refractivity contribution in [3.63, 3.8) is 0 Å². The molecule has 2 aliphatic heterocycles. The van der Waals surface area contributed by atoms with Crippen molar-refractivity contribution in [3.05, 3.63) is 99.4 Å². The second kappa shape index (κ2) is 18.9. The molecule has 2 aliphatic rings. The Balaban J connectivity index is 0.000000155. The molecule has 0 radical (unpaired) electrons. The number of para-hydroxylation sites is 2. The second-order valence-corrected chi connectivity index (χ2v) is 15.3. The van der Waals surface area contributed by atoms with Crippen molar-refractivity contribution >= 4 is 94.0 Å². The molecule has 0 unspecified atom stereocenters. The van der Waals surface area contributed by atoms with E-state index in [1.54, 1.807) is 20.4 Å². The first-order valence-corrected chi connectivity index (χ1v) is 19.8. The number of hydrogen-bond acceptors (Lipinski definition) is 12. The summed E-state index contributed by atoms with van der Waals surface area (Å²) in [6.07, 6.45) is 3.52. The van der Waals surface area contributed by atoms with Crippen molar-refractivity contribution in [2.45, 2.75) is 0 Å². The van der Waals surface area contributed by atoms with Crippen LogP contribution in [-0.2, 0) is 0 Å². The number of halogens is 3. The standard InChI is InChI=1S/C20H22BrN5O.C12H19N3O.C8H4BrClN2/c1-25-8-10-26(11-9-25)15-6-7-17(18(12-15)27-2)23-20-22-13-14-4-3-5-16(21)19(14)24-20;1-14-5-7-15(8-6-14)10-3-4-11(13)12(9-10)16-2;9-6-3-1-2-5-4-11-8(10)12-7(5)6/h3-7,12-13H,8-11H2,1-2H3,(H,22,23,24);3-4,9H,5-8,13H2,1-2H3;1-4H. The summed E-state index contributed by atoms with van der Waals surface area (Å²) >= 11 is 12.6. The largest absolute Gasteiger partial charge is 0.495 e. The first-order valence-electron chi connectivity index (χ1n) is 17.9. The van der Waals surface area contributed by atoms with E-state index in [2.05, 4.69) is 109 Å². The van der Waals surface area contributed by atoms with Crippen molar-refractivity contribution in [2.24, 2.45) is 0 Å².